The summed E-state index contributed by atoms with van der Waals surface area (Å²) in [4.78, 5) is 10.3. The van der Waals surface area contributed by atoms with Gasteiger partial charge < -0.3 is 4.74 Å². The molecule has 0 bridgehead atoms. The second-order valence-electron chi connectivity index (χ2n) is 2.64. The van der Waals surface area contributed by atoms with Crippen molar-refractivity contribution in [3.8, 4) is 5.75 Å². The summed E-state index contributed by atoms with van der Waals surface area (Å²) in [6.45, 7) is -1.58. The molecule has 0 heterocycles. The summed E-state index contributed by atoms with van der Waals surface area (Å²) in [5, 5.41) is 0. The van der Waals surface area contributed by atoms with Crippen molar-refractivity contribution in [3.05, 3.63) is 29.1 Å². The van der Waals surface area contributed by atoms with Crippen LogP contribution in [0.2, 0.25) is 0 Å². The van der Waals surface area contributed by atoms with Crippen molar-refractivity contribution in [3.63, 3.8) is 0 Å². The van der Waals surface area contributed by atoms with E-state index in [0.717, 1.165) is 12.1 Å². The number of ether oxygens (including phenoxy) is 1. The van der Waals surface area contributed by atoms with Crippen LogP contribution in [0, 0.1) is 12.7 Å². The fourth-order valence-electron chi connectivity index (χ4n) is 0.982. The molecular weight excluding hydrogens is 197 g/mol. The Morgan fingerprint density at radius 1 is 1.43 bits per heavy atom. The van der Waals surface area contributed by atoms with Gasteiger partial charge in [-0.25, -0.2) is 4.39 Å². The summed E-state index contributed by atoms with van der Waals surface area (Å²) in [5.41, 5.74) is -0.0837. The number of aryl methyl sites for hydroxylation is 1. The Morgan fingerprint density at radius 2 is 2.07 bits per heavy atom. The molecule has 0 radical (unpaired) electrons. The van der Waals surface area contributed by atoms with Crippen molar-refractivity contribution in [1.29, 1.82) is 0 Å². The van der Waals surface area contributed by atoms with Gasteiger partial charge in [0, 0.05) is 0 Å². The highest BCUT2D eigenvalue weighted by Crippen LogP contribution is 2.23. The summed E-state index contributed by atoms with van der Waals surface area (Å²) in [6, 6.07) is 1.92. The lowest BCUT2D eigenvalue weighted by molar-refractivity contribution is -0.0503. The minimum atomic E-state index is -2.99. The summed E-state index contributed by atoms with van der Waals surface area (Å²) < 4.78 is 40.6. The van der Waals surface area contributed by atoms with E-state index in [1.54, 1.807) is 0 Å². The second kappa shape index (κ2) is 4.13. The van der Waals surface area contributed by atoms with Gasteiger partial charge in [-0.15, -0.1) is 0 Å². The largest absolute Gasteiger partial charge is 0.435 e. The van der Waals surface area contributed by atoms with Gasteiger partial charge in [-0.05, 0) is 24.6 Å². The zero-order valence-corrected chi connectivity index (χ0v) is 7.26. The van der Waals surface area contributed by atoms with Crippen LogP contribution in [-0.4, -0.2) is 12.9 Å². The standard InChI is InChI=1S/C9H7F3O2/c1-5-2-7(10)6(4-13)3-8(5)14-9(11)12/h2-4,9H,1H3. The molecule has 0 aliphatic rings. The Morgan fingerprint density at radius 3 is 2.57 bits per heavy atom. The minimum Gasteiger partial charge on any atom is -0.435 e. The van der Waals surface area contributed by atoms with E-state index in [1.165, 1.54) is 6.92 Å². The number of halogens is 3. The first-order valence-electron chi connectivity index (χ1n) is 3.74. The fraction of sp³-hybridized carbons (Fsp3) is 0.222. The molecule has 5 heteroatoms. The van der Waals surface area contributed by atoms with Crippen LogP contribution in [-0.2, 0) is 0 Å². The average Bonchev–Trinajstić information content (AvgIpc) is 2.09. The van der Waals surface area contributed by atoms with Gasteiger partial charge in [0.2, 0.25) is 0 Å². The van der Waals surface area contributed by atoms with Crippen LogP contribution in [0.1, 0.15) is 15.9 Å². The molecular formula is C9H7F3O2. The Balaban J connectivity index is 3.10. The van der Waals surface area contributed by atoms with Gasteiger partial charge in [0.1, 0.15) is 11.6 Å². The molecule has 0 saturated carbocycles. The van der Waals surface area contributed by atoms with Crippen molar-refractivity contribution in [2.75, 3.05) is 0 Å². The van der Waals surface area contributed by atoms with Gasteiger partial charge in [0.25, 0.3) is 0 Å². The highest BCUT2D eigenvalue weighted by molar-refractivity contribution is 5.76. The Kier molecular flexibility index (Phi) is 3.11. The van der Waals surface area contributed by atoms with Gasteiger partial charge in [0.15, 0.2) is 6.29 Å². The fourth-order valence-corrected chi connectivity index (χ4v) is 0.982. The summed E-state index contributed by atoms with van der Waals surface area (Å²) >= 11 is 0. The van der Waals surface area contributed by atoms with E-state index in [4.69, 9.17) is 0 Å². The van der Waals surface area contributed by atoms with Gasteiger partial charge in [-0.1, -0.05) is 0 Å². The topological polar surface area (TPSA) is 26.3 Å². The smallest absolute Gasteiger partial charge is 0.387 e. The molecule has 0 aliphatic heterocycles. The van der Waals surface area contributed by atoms with E-state index >= 15 is 0 Å². The predicted molar refractivity (Wildman–Crippen MR) is 43.2 cm³/mol. The average molecular weight is 204 g/mol. The lowest BCUT2D eigenvalue weighted by atomic mass is 10.1. The summed E-state index contributed by atoms with van der Waals surface area (Å²) in [7, 11) is 0. The molecule has 1 aromatic rings. The molecule has 0 atom stereocenters. The van der Waals surface area contributed by atoms with E-state index in [-0.39, 0.29) is 23.2 Å². The zero-order valence-electron chi connectivity index (χ0n) is 7.26. The number of carbonyl (C=O) groups excluding carboxylic acids is 1. The molecule has 0 aromatic heterocycles. The van der Waals surface area contributed by atoms with E-state index in [0.29, 0.717) is 0 Å². The molecule has 0 spiro atoms. The molecule has 1 rings (SSSR count). The molecule has 0 saturated heterocycles. The Hall–Kier alpha value is -1.52. The van der Waals surface area contributed by atoms with E-state index < -0.39 is 12.4 Å². The quantitative estimate of drug-likeness (QED) is 0.707. The SMILES string of the molecule is Cc1cc(F)c(C=O)cc1OC(F)F. The van der Waals surface area contributed by atoms with E-state index in [9.17, 15) is 18.0 Å². The van der Waals surface area contributed by atoms with Crippen LogP contribution >= 0.6 is 0 Å². The van der Waals surface area contributed by atoms with Crippen molar-refractivity contribution >= 4 is 6.29 Å². The highest BCUT2D eigenvalue weighted by atomic mass is 19.3. The van der Waals surface area contributed by atoms with Crippen LogP contribution in [0.25, 0.3) is 0 Å². The molecule has 14 heavy (non-hydrogen) atoms. The maximum Gasteiger partial charge on any atom is 0.387 e. The monoisotopic (exact) mass is 204 g/mol. The third-order valence-corrected chi connectivity index (χ3v) is 1.64. The number of hydrogen-bond donors (Lipinski definition) is 0. The molecule has 0 aliphatic carbocycles. The maximum atomic E-state index is 12.9. The molecule has 0 fully saturated rings. The molecule has 76 valence electrons. The number of hydrogen-bond acceptors (Lipinski definition) is 2. The first-order chi connectivity index (χ1) is 6.54. The number of alkyl halides is 2. The summed E-state index contributed by atoms with van der Waals surface area (Å²) in [6.07, 6.45) is 0.243. The number of rotatable bonds is 3. The Labute approximate surface area is 78.3 Å². The normalized spacial score (nSPS) is 10.4. The van der Waals surface area contributed by atoms with Gasteiger partial charge in [-0.3, -0.25) is 4.79 Å². The third-order valence-electron chi connectivity index (χ3n) is 1.64. The number of benzene rings is 1. The lowest BCUT2D eigenvalue weighted by Crippen LogP contribution is -2.04. The van der Waals surface area contributed by atoms with Gasteiger partial charge in [-0.2, -0.15) is 8.78 Å². The summed E-state index contributed by atoms with van der Waals surface area (Å²) in [5.74, 6) is -0.942. The van der Waals surface area contributed by atoms with Crippen LogP contribution in [0.3, 0.4) is 0 Å². The number of aldehydes is 1. The zero-order chi connectivity index (χ0) is 10.7. The number of carbonyl (C=O) groups is 1. The van der Waals surface area contributed by atoms with E-state index in [2.05, 4.69) is 4.74 Å². The molecule has 0 unspecified atom stereocenters. The van der Waals surface area contributed by atoms with Crippen molar-refractivity contribution in [1.82, 2.24) is 0 Å². The second-order valence-corrected chi connectivity index (χ2v) is 2.64. The predicted octanol–water partition coefficient (Wildman–Crippen LogP) is 2.55. The molecule has 0 amide bonds. The van der Waals surface area contributed by atoms with Crippen molar-refractivity contribution in [2.45, 2.75) is 13.5 Å². The minimum absolute atomic E-state index is 0.191. The first kappa shape index (κ1) is 10.6. The Bertz CT molecular complexity index is 350. The highest BCUT2D eigenvalue weighted by Gasteiger charge is 2.11. The molecule has 2 nitrogen and oxygen atoms in total. The van der Waals surface area contributed by atoms with E-state index in [1.807, 2.05) is 0 Å². The van der Waals surface area contributed by atoms with Gasteiger partial charge in [0.05, 0.1) is 5.56 Å². The van der Waals surface area contributed by atoms with Crippen LogP contribution in [0.15, 0.2) is 12.1 Å². The lowest BCUT2D eigenvalue weighted by Gasteiger charge is -2.08. The van der Waals surface area contributed by atoms with Crippen LogP contribution < -0.4 is 4.74 Å². The van der Waals surface area contributed by atoms with Gasteiger partial charge >= 0.3 is 6.61 Å². The van der Waals surface area contributed by atoms with Crippen LogP contribution in [0.4, 0.5) is 13.2 Å². The first-order valence-corrected chi connectivity index (χ1v) is 3.74. The van der Waals surface area contributed by atoms with Crippen molar-refractivity contribution in [2.24, 2.45) is 0 Å². The third kappa shape index (κ3) is 2.25. The van der Waals surface area contributed by atoms with Crippen molar-refractivity contribution < 1.29 is 22.7 Å². The maximum absolute atomic E-state index is 12.9. The van der Waals surface area contributed by atoms with Crippen LogP contribution in [0.5, 0.6) is 5.75 Å². The molecule has 0 N–H and O–H groups in total. The molecule has 1 aromatic carbocycles.